The van der Waals surface area contributed by atoms with Gasteiger partial charge in [-0.1, -0.05) is 48.1 Å². The van der Waals surface area contributed by atoms with Crippen molar-refractivity contribution in [1.29, 1.82) is 5.26 Å². The lowest BCUT2D eigenvalue weighted by molar-refractivity contribution is -0.112. The van der Waals surface area contributed by atoms with Gasteiger partial charge in [0.05, 0.1) is 11.6 Å². The fourth-order valence-electron chi connectivity index (χ4n) is 3.32. The molecule has 0 fully saturated rings. The monoisotopic (exact) mass is 526 g/mol. The van der Waals surface area contributed by atoms with Gasteiger partial charge in [0.25, 0.3) is 5.91 Å². The Morgan fingerprint density at radius 1 is 1.11 bits per heavy atom. The number of aromatic nitrogens is 2. The third-order valence-electron chi connectivity index (χ3n) is 4.98. The summed E-state index contributed by atoms with van der Waals surface area (Å²) < 4.78 is 17.5. The maximum Gasteiger partial charge on any atom is 0.268 e. The highest BCUT2D eigenvalue weighted by molar-refractivity contribution is 7.15. The highest BCUT2D eigenvalue weighted by Crippen LogP contribution is 2.37. The number of para-hydroxylation sites is 1. The highest BCUT2D eigenvalue weighted by atomic mass is 35.5. The summed E-state index contributed by atoms with van der Waals surface area (Å²) in [6, 6.07) is 11.2. The van der Waals surface area contributed by atoms with Gasteiger partial charge in [0.2, 0.25) is 5.13 Å². The van der Waals surface area contributed by atoms with Gasteiger partial charge in [-0.3, -0.25) is 10.1 Å². The third-order valence-corrected chi connectivity index (χ3v) is 6.25. The lowest BCUT2D eigenvalue weighted by Gasteiger charge is -2.16. The normalized spacial score (nSPS) is 11.1. The maximum atomic E-state index is 12.6. The van der Waals surface area contributed by atoms with Crippen LogP contribution in [0, 0.1) is 25.2 Å². The van der Waals surface area contributed by atoms with Crippen molar-refractivity contribution in [2.24, 2.45) is 0 Å². The van der Waals surface area contributed by atoms with E-state index in [9.17, 15) is 10.1 Å². The van der Waals surface area contributed by atoms with Gasteiger partial charge in [-0.25, -0.2) is 0 Å². The van der Waals surface area contributed by atoms with Crippen LogP contribution in [0.5, 0.6) is 17.2 Å². The zero-order chi connectivity index (χ0) is 26.1. The van der Waals surface area contributed by atoms with Crippen molar-refractivity contribution in [3.8, 4) is 23.3 Å². The molecule has 0 saturated heterocycles. The number of carbonyl (C=O) groups excluding carboxylic acids is 1. The van der Waals surface area contributed by atoms with Crippen molar-refractivity contribution < 1.29 is 19.0 Å². The Morgan fingerprint density at radius 2 is 1.81 bits per heavy atom. The number of carbonyl (C=O) groups is 1. The Labute approximate surface area is 219 Å². The van der Waals surface area contributed by atoms with E-state index in [1.807, 2.05) is 52.0 Å². The van der Waals surface area contributed by atoms with Crippen molar-refractivity contribution in [3.05, 3.63) is 62.6 Å². The largest absolute Gasteiger partial charge is 0.490 e. The molecule has 8 nitrogen and oxygen atoms in total. The first-order valence-corrected chi connectivity index (χ1v) is 12.6. The molecule has 0 radical (unpaired) electrons. The summed E-state index contributed by atoms with van der Waals surface area (Å²) in [6.07, 6.45) is 2.14. The first-order valence-electron chi connectivity index (χ1n) is 11.4. The van der Waals surface area contributed by atoms with E-state index in [0.717, 1.165) is 21.9 Å². The predicted octanol–water partition coefficient (Wildman–Crippen LogP) is 5.77. The second-order valence-electron chi connectivity index (χ2n) is 7.66. The van der Waals surface area contributed by atoms with Crippen LogP contribution in [0.4, 0.5) is 5.13 Å². The van der Waals surface area contributed by atoms with Crippen molar-refractivity contribution >= 4 is 40.1 Å². The minimum absolute atomic E-state index is 0.113. The molecule has 36 heavy (non-hydrogen) atoms. The molecule has 0 atom stereocenters. The lowest BCUT2D eigenvalue weighted by atomic mass is 10.1. The van der Waals surface area contributed by atoms with Gasteiger partial charge >= 0.3 is 0 Å². The van der Waals surface area contributed by atoms with Gasteiger partial charge in [0.1, 0.15) is 35.6 Å². The first-order chi connectivity index (χ1) is 17.4. The van der Waals surface area contributed by atoms with Crippen LogP contribution in [0.25, 0.3) is 6.08 Å². The van der Waals surface area contributed by atoms with Gasteiger partial charge in [-0.05, 0) is 62.1 Å². The van der Waals surface area contributed by atoms with Crippen LogP contribution in [0.2, 0.25) is 5.02 Å². The summed E-state index contributed by atoms with van der Waals surface area (Å²) in [7, 11) is 0. The molecule has 0 aliphatic heterocycles. The van der Waals surface area contributed by atoms with Gasteiger partial charge in [0, 0.05) is 0 Å². The fraction of sp³-hybridized carbons (Fsp3) is 0.308. The lowest BCUT2D eigenvalue weighted by Crippen LogP contribution is -2.13. The second-order valence-corrected chi connectivity index (χ2v) is 9.13. The van der Waals surface area contributed by atoms with Crippen LogP contribution in [0.15, 0.2) is 35.9 Å². The Bertz CT molecular complexity index is 1280. The molecule has 188 valence electrons. The molecule has 10 heteroatoms. The molecule has 0 bridgehead atoms. The SMILES string of the molecule is CCOc1cc(C=C(C#N)C(=O)Nc2nnc(CC)s2)cc(Cl)c1OCCOc1c(C)cccc1C. The first kappa shape index (κ1) is 27.0. The van der Waals surface area contributed by atoms with E-state index >= 15 is 0 Å². The Hall–Kier alpha value is -3.61. The number of anilines is 1. The maximum absolute atomic E-state index is 12.6. The Morgan fingerprint density at radius 3 is 2.42 bits per heavy atom. The number of rotatable bonds is 11. The smallest absolute Gasteiger partial charge is 0.268 e. The third kappa shape index (κ3) is 6.97. The number of halogens is 1. The topological polar surface area (TPSA) is 106 Å². The Balaban J connectivity index is 1.73. The molecular weight excluding hydrogens is 500 g/mol. The van der Waals surface area contributed by atoms with Crippen LogP contribution in [0.1, 0.15) is 35.5 Å². The van der Waals surface area contributed by atoms with E-state index in [0.29, 0.717) is 41.8 Å². The molecule has 3 aromatic rings. The van der Waals surface area contributed by atoms with Gasteiger partial charge in [-0.2, -0.15) is 5.26 Å². The molecule has 3 rings (SSSR count). The number of ether oxygens (including phenoxy) is 3. The molecule has 1 heterocycles. The molecule has 0 spiro atoms. The number of hydrogen-bond acceptors (Lipinski definition) is 8. The summed E-state index contributed by atoms with van der Waals surface area (Å²) in [6.45, 7) is 8.71. The molecule has 0 aliphatic rings. The van der Waals surface area contributed by atoms with Crippen LogP contribution in [-0.2, 0) is 11.2 Å². The summed E-state index contributed by atoms with van der Waals surface area (Å²) in [5, 5.41) is 21.4. The number of nitrogens with zero attached hydrogens (tertiary/aromatic N) is 3. The number of benzene rings is 2. The number of hydrogen-bond donors (Lipinski definition) is 1. The molecule has 0 saturated carbocycles. The zero-order valence-electron chi connectivity index (χ0n) is 20.6. The minimum Gasteiger partial charge on any atom is -0.490 e. The Kier molecular flexibility index (Phi) is 9.68. The van der Waals surface area contributed by atoms with Gasteiger partial charge < -0.3 is 14.2 Å². The number of nitrogens with one attached hydrogen (secondary N) is 1. The molecule has 2 aromatic carbocycles. The molecule has 0 unspecified atom stereocenters. The van der Waals surface area contributed by atoms with Gasteiger partial charge in [-0.15, -0.1) is 10.2 Å². The fourth-order valence-corrected chi connectivity index (χ4v) is 4.26. The van der Waals surface area contributed by atoms with E-state index in [1.54, 1.807) is 12.1 Å². The van der Waals surface area contributed by atoms with E-state index in [1.165, 1.54) is 17.4 Å². The summed E-state index contributed by atoms with van der Waals surface area (Å²) >= 11 is 7.76. The standard InChI is InChI=1S/C26H27ClN4O4S/c1-5-22-30-31-26(36-22)29-25(32)19(15-28)12-18-13-20(27)24(21(14-18)33-6-2)35-11-10-34-23-16(3)8-7-9-17(23)4/h7-9,12-14H,5-6,10-11H2,1-4H3,(H,29,31,32). The number of nitriles is 1. The quantitative estimate of drug-likeness (QED) is 0.192. The van der Waals surface area contributed by atoms with Crippen LogP contribution < -0.4 is 19.5 Å². The van der Waals surface area contributed by atoms with Crippen LogP contribution >= 0.6 is 22.9 Å². The van der Waals surface area contributed by atoms with E-state index < -0.39 is 5.91 Å². The van der Waals surface area contributed by atoms with E-state index in [-0.39, 0.29) is 17.2 Å². The molecule has 1 N–H and O–H groups in total. The van der Waals surface area contributed by atoms with Crippen molar-refractivity contribution in [2.75, 3.05) is 25.1 Å². The summed E-state index contributed by atoms with van der Waals surface area (Å²) in [5.74, 6) is 1.01. The highest BCUT2D eigenvalue weighted by Gasteiger charge is 2.16. The van der Waals surface area contributed by atoms with Crippen LogP contribution in [0.3, 0.4) is 0 Å². The zero-order valence-corrected chi connectivity index (χ0v) is 22.1. The summed E-state index contributed by atoms with van der Waals surface area (Å²) in [4.78, 5) is 12.6. The molecule has 1 amide bonds. The second kappa shape index (κ2) is 12.9. The molecular formula is C26H27ClN4O4S. The number of amides is 1. The molecule has 1 aromatic heterocycles. The average molecular weight is 527 g/mol. The van der Waals surface area contributed by atoms with Crippen molar-refractivity contribution in [3.63, 3.8) is 0 Å². The van der Waals surface area contributed by atoms with Crippen molar-refractivity contribution in [1.82, 2.24) is 10.2 Å². The van der Waals surface area contributed by atoms with Gasteiger partial charge in [0.15, 0.2) is 11.5 Å². The molecule has 0 aliphatic carbocycles. The van der Waals surface area contributed by atoms with Crippen LogP contribution in [-0.4, -0.2) is 35.9 Å². The predicted molar refractivity (Wildman–Crippen MR) is 141 cm³/mol. The average Bonchev–Trinajstić information content (AvgIpc) is 3.30. The number of aryl methyl sites for hydroxylation is 3. The van der Waals surface area contributed by atoms with E-state index in [4.69, 9.17) is 25.8 Å². The van der Waals surface area contributed by atoms with Crippen molar-refractivity contribution in [2.45, 2.75) is 34.1 Å². The minimum atomic E-state index is -0.589. The summed E-state index contributed by atoms with van der Waals surface area (Å²) in [5.41, 5.74) is 2.50. The van der Waals surface area contributed by atoms with E-state index in [2.05, 4.69) is 15.5 Å².